The van der Waals surface area contributed by atoms with Crippen molar-refractivity contribution >= 4 is 43.2 Å². The van der Waals surface area contributed by atoms with E-state index in [0.29, 0.717) is 24.0 Å². The number of sulfone groups is 1. The molecule has 2 aliphatic rings. The third-order valence-corrected chi connectivity index (χ3v) is 12.7. The highest BCUT2D eigenvalue weighted by Gasteiger charge is 2.28. The van der Waals surface area contributed by atoms with E-state index in [9.17, 15) is 13.2 Å². The molecule has 9 rings (SSSR count). The second-order valence-corrected chi connectivity index (χ2v) is 19.5. The van der Waals surface area contributed by atoms with E-state index < -0.39 is 15.4 Å². The van der Waals surface area contributed by atoms with Crippen molar-refractivity contribution in [3.8, 4) is 33.4 Å². The number of amides is 1. The van der Waals surface area contributed by atoms with Crippen molar-refractivity contribution in [3.05, 3.63) is 126 Å². The minimum Gasteiger partial charge on any atom is -0.444 e. The zero-order valence-corrected chi connectivity index (χ0v) is 36.7. The summed E-state index contributed by atoms with van der Waals surface area (Å²) in [6.07, 6.45) is 16.6. The topological polar surface area (TPSA) is 136 Å². The highest BCUT2D eigenvalue weighted by molar-refractivity contribution is 9.10. The maximum Gasteiger partial charge on any atom is 0.410 e. The van der Waals surface area contributed by atoms with Gasteiger partial charge in [0.25, 0.3) is 0 Å². The lowest BCUT2D eigenvalue weighted by Crippen LogP contribution is -2.42. The van der Waals surface area contributed by atoms with Gasteiger partial charge in [0.1, 0.15) is 5.60 Å². The zero-order valence-electron chi connectivity index (χ0n) is 34.3. The molecule has 2 atom stereocenters. The summed E-state index contributed by atoms with van der Waals surface area (Å²) in [6, 6.07) is 24.1. The summed E-state index contributed by atoms with van der Waals surface area (Å²) in [7, 11) is -3.28. The number of likely N-dealkylation sites (tertiary alicyclic amines) is 1. The number of nitrogens with one attached hydrogen (secondary N) is 1. The Balaban J connectivity index is 0.000000167. The van der Waals surface area contributed by atoms with E-state index in [2.05, 4.69) is 89.9 Å². The molecule has 4 aromatic heterocycles. The standard InChI is InChI=1S/C24H24N4O2S.C22H25BrN4O2/c1-31(29,30)22-6-2-4-19(12-22)23-15-27-28-16-21(14-26-24(23)28)18-9-7-17(8-10-18)20-5-3-11-25-13-20;1-22(2,3)29-21(28)26-10-4-5-17(13-26)15-6-8-16(9-7-15)18-11-24-20-19(23)12-25-27(20)14-18/h2,4,6-10,12,14-16,20,25H,3,5,11,13H2,1H3;6-9,11-12,14,17H,4-5,10,13H2,1-3H3. The summed E-state index contributed by atoms with van der Waals surface area (Å²) in [4.78, 5) is 23.7. The molecule has 0 aliphatic carbocycles. The van der Waals surface area contributed by atoms with Crippen LogP contribution in [0.15, 0.2) is 119 Å². The van der Waals surface area contributed by atoms with Crippen LogP contribution in [0.2, 0.25) is 0 Å². The Kier molecular flexibility index (Phi) is 11.9. The van der Waals surface area contributed by atoms with E-state index in [1.807, 2.05) is 56.5 Å². The number of fused-ring (bicyclic) bond motifs is 2. The maximum atomic E-state index is 12.4. The van der Waals surface area contributed by atoms with Gasteiger partial charge in [-0.2, -0.15) is 10.2 Å². The number of benzene rings is 3. The first-order chi connectivity index (χ1) is 28.8. The fourth-order valence-electron chi connectivity index (χ4n) is 7.89. The lowest BCUT2D eigenvalue weighted by molar-refractivity contribution is 0.0198. The van der Waals surface area contributed by atoms with Gasteiger partial charge in [-0.15, -0.1) is 0 Å². The fourth-order valence-corrected chi connectivity index (χ4v) is 8.93. The van der Waals surface area contributed by atoms with Gasteiger partial charge in [0, 0.05) is 73.3 Å². The van der Waals surface area contributed by atoms with Crippen molar-refractivity contribution in [2.45, 2.75) is 68.8 Å². The van der Waals surface area contributed by atoms with Crippen molar-refractivity contribution in [1.82, 2.24) is 39.4 Å². The summed E-state index contributed by atoms with van der Waals surface area (Å²) in [5.74, 6) is 0.910. The lowest BCUT2D eigenvalue weighted by atomic mass is 9.90. The number of carbonyl (C=O) groups is 1. The van der Waals surface area contributed by atoms with Crippen molar-refractivity contribution in [2.75, 3.05) is 32.4 Å². The molecule has 1 amide bonds. The van der Waals surface area contributed by atoms with Crippen LogP contribution in [0, 0.1) is 0 Å². The Hall–Kier alpha value is -5.44. The minimum absolute atomic E-state index is 0.219. The number of hydrogen-bond acceptors (Lipinski definition) is 9. The smallest absolute Gasteiger partial charge is 0.410 e. The molecule has 60 heavy (non-hydrogen) atoms. The molecule has 2 saturated heterocycles. The average Bonchev–Trinajstić information content (AvgIpc) is 3.86. The van der Waals surface area contributed by atoms with E-state index in [1.165, 1.54) is 30.2 Å². The first-order valence-electron chi connectivity index (χ1n) is 20.3. The molecule has 2 aliphatic heterocycles. The van der Waals surface area contributed by atoms with Crippen LogP contribution < -0.4 is 5.32 Å². The van der Waals surface area contributed by atoms with Crippen molar-refractivity contribution in [2.24, 2.45) is 0 Å². The maximum absolute atomic E-state index is 12.4. The molecule has 310 valence electrons. The first kappa shape index (κ1) is 41.3. The fraction of sp³-hybridized carbons (Fsp3) is 0.326. The van der Waals surface area contributed by atoms with Gasteiger partial charge in [0.2, 0.25) is 0 Å². The molecular formula is C46H49BrN8O4S. The van der Waals surface area contributed by atoms with Gasteiger partial charge in [0.15, 0.2) is 21.1 Å². The number of nitrogens with zero attached hydrogens (tertiary/aromatic N) is 7. The molecule has 6 heterocycles. The monoisotopic (exact) mass is 888 g/mol. The third-order valence-electron chi connectivity index (χ3n) is 11.0. The van der Waals surface area contributed by atoms with E-state index in [-0.39, 0.29) is 11.0 Å². The van der Waals surface area contributed by atoms with Gasteiger partial charge in [-0.25, -0.2) is 32.2 Å². The Morgan fingerprint density at radius 2 is 1.38 bits per heavy atom. The molecule has 14 heteroatoms. The Morgan fingerprint density at radius 3 is 2.02 bits per heavy atom. The van der Waals surface area contributed by atoms with Crippen LogP contribution in [-0.2, 0) is 14.6 Å². The second-order valence-electron chi connectivity index (χ2n) is 16.6. The number of hydrogen-bond donors (Lipinski definition) is 1. The van der Waals surface area contributed by atoms with Crippen molar-refractivity contribution in [1.29, 1.82) is 0 Å². The van der Waals surface area contributed by atoms with Gasteiger partial charge < -0.3 is 15.0 Å². The van der Waals surface area contributed by atoms with Crippen LogP contribution in [0.4, 0.5) is 4.79 Å². The Labute approximate surface area is 359 Å². The summed E-state index contributed by atoms with van der Waals surface area (Å²) in [6.45, 7) is 9.32. The van der Waals surface area contributed by atoms with Gasteiger partial charge in [-0.3, -0.25) is 0 Å². The van der Waals surface area contributed by atoms with E-state index in [4.69, 9.17) is 4.74 Å². The minimum atomic E-state index is -3.28. The molecule has 0 radical (unpaired) electrons. The normalized spacial score (nSPS) is 17.3. The van der Waals surface area contributed by atoms with E-state index >= 15 is 0 Å². The van der Waals surface area contributed by atoms with Crippen LogP contribution in [0.1, 0.15) is 69.4 Å². The Morgan fingerprint density at radius 1 is 0.767 bits per heavy atom. The number of aromatic nitrogens is 6. The Bertz CT molecular complexity index is 2740. The molecule has 0 bridgehead atoms. The zero-order chi connectivity index (χ0) is 42.0. The second kappa shape index (κ2) is 17.3. The van der Waals surface area contributed by atoms with E-state index in [1.54, 1.807) is 39.6 Å². The van der Waals surface area contributed by atoms with Crippen LogP contribution in [0.3, 0.4) is 0 Å². The molecule has 12 nitrogen and oxygen atoms in total. The summed E-state index contributed by atoms with van der Waals surface area (Å²) >= 11 is 3.45. The number of halogens is 1. The van der Waals surface area contributed by atoms with Gasteiger partial charge in [0.05, 0.1) is 21.8 Å². The van der Waals surface area contributed by atoms with Gasteiger partial charge in [-0.05, 0) is 115 Å². The lowest BCUT2D eigenvalue weighted by Gasteiger charge is -2.34. The molecule has 7 aromatic rings. The van der Waals surface area contributed by atoms with Gasteiger partial charge in [-0.1, -0.05) is 60.7 Å². The SMILES string of the molecule is CC(C)(C)OC(=O)N1CCCC(c2ccc(-c3cnc4c(Br)cnn4c3)cc2)C1.CS(=O)(=O)c1cccc(-c2cnn3cc(-c4ccc(C5CCCNC5)cc4)cnc23)c1. The first-order valence-corrected chi connectivity index (χ1v) is 23.0. The number of piperidine rings is 2. The van der Waals surface area contributed by atoms with E-state index in [0.717, 1.165) is 76.0 Å². The molecule has 2 unspecified atom stereocenters. The number of rotatable bonds is 6. The summed E-state index contributed by atoms with van der Waals surface area (Å²) in [5, 5.41) is 12.2. The number of carbonyl (C=O) groups excluding carboxylic acids is 1. The molecule has 2 fully saturated rings. The molecular weight excluding hydrogens is 841 g/mol. The predicted molar refractivity (Wildman–Crippen MR) is 238 cm³/mol. The predicted octanol–water partition coefficient (Wildman–Crippen LogP) is 9.21. The summed E-state index contributed by atoms with van der Waals surface area (Å²) < 4.78 is 33.8. The number of ether oxygens (including phenoxy) is 1. The van der Waals surface area contributed by atoms with Crippen LogP contribution >= 0.6 is 15.9 Å². The molecule has 0 saturated carbocycles. The quantitative estimate of drug-likeness (QED) is 0.173. The van der Waals surface area contributed by atoms with Crippen LogP contribution in [-0.4, -0.2) is 86.6 Å². The third kappa shape index (κ3) is 9.46. The average molecular weight is 890 g/mol. The molecule has 1 N–H and O–H groups in total. The summed E-state index contributed by atoms with van der Waals surface area (Å²) in [5.41, 5.74) is 9.42. The molecule has 3 aromatic carbocycles. The van der Waals surface area contributed by atoms with Crippen LogP contribution in [0.25, 0.3) is 44.7 Å². The largest absolute Gasteiger partial charge is 0.444 e. The van der Waals surface area contributed by atoms with Crippen LogP contribution in [0.5, 0.6) is 0 Å². The highest BCUT2D eigenvalue weighted by Crippen LogP contribution is 2.32. The van der Waals surface area contributed by atoms with Gasteiger partial charge >= 0.3 is 6.09 Å². The molecule has 0 spiro atoms. The highest BCUT2D eigenvalue weighted by atomic mass is 79.9. The van der Waals surface area contributed by atoms with Crippen molar-refractivity contribution in [3.63, 3.8) is 0 Å². The van der Waals surface area contributed by atoms with Crippen molar-refractivity contribution < 1.29 is 17.9 Å².